The molecule has 0 unspecified atom stereocenters. The van der Waals surface area contributed by atoms with Gasteiger partial charge in [-0.15, -0.1) is 0 Å². The maximum absolute atomic E-state index is 13.0. The van der Waals surface area contributed by atoms with Gasteiger partial charge in [-0.1, -0.05) is 6.08 Å². The zero-order valence-electron chi connectivity index (χ0n) is 10.9. The first-order chi connectivity index (χ1) is 8.82. The van der Waals surface area contributed by atoms with Gasteiger partial charge >= 0.3 is 24.9 Å². The Morgan fingerprint density at radius 3 is 2.70 bits per heavy atom. The summed E-state index contributed by atoms with van der Waals surface area (Å²) in [6.07, 6.45) is -1.25. The Morgan fingerprint density at radius 1 is 1.60 bits per heavy atom. The van der Waals surface area contributed by atoms with E-state index in [2.05, 4.69) is 4.84 Å². The van der Waals surface area contributed by atoms with Gasteiger partial charge < -0.3 is 20.5 Å². The molecule has 0 aromatic carbocycles. The van der Waals surface area contributed by atoms with Crippen LogP contribution in [0.25, 0.3) is 0 Å². The van der Waals surface area contributed by atoms with Crippen molar-refractivity contribution in [3.63, 3.8) is 0 Å². The number of carbonyl (C=O) groups excluding carboxylic acids is 3. The molecule has 2 rings (SSSR count). The Bertz CT molecular complexity index is 486. The van der Waals surface area contributed by atoms with Gasteiger partial charge in [-0.05, 0) is 12.5 Å². The van der Waals surface area contributed by atoms with Crippen LogP contribution in [0.15, 0.2) is 11.6 Å². The SMILES string of the molecule is CC1=C[C@@H]2CN(C(=O)N2O[C@@H](F)C(=O)[O-])[C@@H]1C(N)=O.[Li+]. The third-order valence-corrected chi connectivity index (χ3v) is 2.98. The van der Waals surface area contributed by atoms with E-state index in [4.69, 9.17) is 5.73 Å². The summed E-state index contributed by atoms with van der Waals surface area (Å²) in [6.45, 7) is 1.67. The predicted octanol–water partition coefficient (Wildman–Crippen LogP) is -5.11. The third kappa shape index (κ3) is 2.65. The number of nitrogens with two attached hydrogens (primary N) is 1. The summed E-state index contributed by atoms with van der Waals surface area (Å²) < 4.78 is 13.0. The molecule has 8 nitrogen and oxygen atoms in total. The molecule has 3 atom stereocenters. The number of fused-ring (bicyclic) bond motifs is 2. The van der Waals surface area contributed by atoms with Crippen molar-refractivity contribution in [1.29, 1.82) is 0 Å². The molecule has 3 amide bonds. The van der Waals surface area contributed by atoms with Crippen molar-refractivity contribution in [2.24, 2.45) is 5.73 Å². The van der Waals surface area contributed by atoms with E-state index in [0.717, 1.165) is 4.90 Å². The molecular formula is C10H11FLiN3O5. The number of rotatable bonds is 4. The van der Waals surface area contributed by atoms with Gasteiger partial charge in [0.2, 0.25) is 5.91 Å². The first-order valence-electron chi connectivity index (χ1n) is 5.42. The summed E-state index contributed by atoms with van der Waals surface area (Å²) in [4.78, 5) is 39.0. The topological polar surface area (TPSA) is 116 Å². The fraction of sp³-hybridized carbons (Fsp3) is 0.500. The van der Waals surface area contributed by atoms with Gasteiger partial charge in [0, 0.05) is 0 Å². The van der Waals surface area contributed by atoms with Gasteiger partial charge in [-0.3, -0.25) is 4.79 Å². The molecular weight excluding hydrogens is 268 g/mol. The van der Waals surface area contributed by atoms with Crippen LogP contribution < -0.4 is 29.7 Å². The van der Waals surface area contributed by atoms with Gasteiger partial charge in [0.25, 0.3) is 6.36 Å². The number of hydrogen-bond acceptors (Lipinski definition) is 5. The van der Waals surface area contributed by atoms with E-state index in [9.17, 15) is 23.9 Å². The largest absolute Gasteiger partial charge is 1.00 e. The van der Waals surface area contributed by atoms with Gasteiger partial charge in [0.1, 0.15) is 12.0 Å². The van der Waals surface area contributed by atoms with E-state index >= 15 is 0 Å². The minimum Gasteiger partial charge on any atom is -0.544 e. The molecule has 0 aromatic heterocycles. The molecule has 0 spiro atoms. The van der Waals surface area contributed by atoms with E-state index in [1.54, 1.807) is 6.92 Å². The molecule has 2 heterocycles. The molecule has 20 heavy (non-hydrogen) atoms. The molecule has 2 N–H and O–H groups in total. The van der Waals surface area contributed by atoms with Crippen molar-refractivity contribution in [3.05, 3.63) is 11.6 Å². The predicted molar refractivity (Wildman–Crippen MR) is 55.5 cm³/mol. The molecule has 2 aliphatic heterocycles. The normalized spacial score (nSPS) is 25.9. The van der Waals surface area contributed by atoms with Gasteiger partial charge in [-0.25, -0.2) is 14.0 Å². The number of carboxylic acid groups (broad SMARTS) is 1. The summed E-state index contributed by atoms with van der Waals surface area (Å²) in [5, 5.41) is 10.8. The first kappa shape index (κ1) is 16.5. The first-order valence-corrected chi connectivity index (χ1v) is 5.42. The maximum atomic E-state index is 13.0. The van der Waals surface area contributed by atoms with Crippen LogP contribution >= 0.6 is 0 Å². The van der Waals surface area contributed by atoms with E-state index in [1.807, 2.05) is 0 Å². The van der Waals surface area contributed by atoms with Crippen LogP contribution in [0.3, 0.4) is 0 Å². The Balaban J connectivity index is 0.00000200. The fourth-order valence-electron chi connectivity index (χ4n) is 2.24. The summed E-state index contributed by atoms with van der Waals surface area (Å²) in [7, 11) is 0. The minimum atomic E-state index is -2.76. The van der Waals surface area contributed by atoms with Crippen molar-refractivity contribution in [3.8, 4) is 0 Å². The van der Waals surface area contributed by atoms with E-state index in [1.165, 1.54) is 6.08 Å². The van der Waals surface area contributed by atoms with E-state index in [0.29, 0.717) is 10.6 Å². The number of carboxylic acids is 1. The molecule has 1 saturated heterocycles. The van der Waals surface area contributed by atoms with Crippen LogP contribution in [-0.4, -0.2) is 52.9 Å². The van der Waals surface area contributed by atoms with Crippen molar-refractivity contribution < 1.29 is 47.6 Å². The standard InChI is InChI=1S/C10H12FN3O5.Li/c1-4-2-5-3-13(6(4)8(12)15)10(18)14(5)19-7(11)9(16)17;/h2,5-7H,3H2,1H3,(H2,12,15)(H,16,17);/q;+1/p-1/t5-,6+,7-;/m1./s1. The maximum Gasteiger partial charge on any atom is 1.00 e. The summed E-state index contributed by atoms with van der Waals surface area (Å²) in [6, 6.07) is -2.41. The fourth-order valence-corrected chi connectivity index (χ4v) is 2.24. The van der Waals surface area contributed by atoms with Crippen molar-refractivity contribution in [2.75, 3.05) is 6.54 Å². The molecule has 0 aromatic rings. The Hall–Kier alpha value is -1.56. The average Bonchev–Trinajstić information content (AvgIpc) is 2.54. The third-order valence-electron chi connectivity index (χ3n) is 2.98. The van der Waals surface area contributed by atoms with Crippen LogP contribution in [0.2, 0.25) is 0 Å². The second-order valence-electron chi connectivity index (χ2n) is 4.28. The second-order valence-corrected chi connectivity index (χ2v) is 4.28. The van der Waals surface area contributed by atoms with E-state index < -0.39 is 36.3 Å². The quantitative estimate of drug-likeness (QED) is 0.408. The number of hydrogen-bond donors (Lipinski definition) is 1. The number of urea groups is 1. The van der Waals surface area contributed by atoms with Gasteiger partial charge in [0.05, 0.1) is 12.6 Å². The molecule has 2 aliphatic rings. The number of aliphatic carboxylic acids is 1. The molecule has 10 heteroatoms. The Labute approximate surface area is 125 Å². The second kappa shape index (κ2) is 5.83. The average molecular weight is 279 g/mol. The zero-order chi connectivity index (χ0) is 14.3. The minimum absolute atomic E-state index is 0. The molecule has 1 fully saturated rings. The zero-order valence-corrected chi connectivity index (χ0v) is 10.9. The monoisotopic (exact) mass is 279 g/mol. The summed E-state index contributed by atoms with van der Waals surface area (Å²) in [5.74, 6) is -2.81. The van der Waals surface area contributed by atoms with Gasteiger partial charge in [-0.2, -0.15) is 5.06 Å². The number of alkyl halides is 1. The van der Waals surface area contributed by atoms with Gasteiger partial charge in [0.15, 0.2) is 0 Å². The van der Waals surface area contributed by atoms with Crippen molar-refractivity contribution in [2.45, 2.75) is 25.4 Å². The number of halogens is 1. The van der Waals surface area contributed by atoms with Crippen LogP contribution in [0.5, 0.6) is 0 Å². The molecule has 0 aliphatic carbocycles. The number of carbonyl (C=O) groups is 3. The Kier molecular flexibility index (Phi) is 4.80. The van der Waals surface area contributed by atoms with Crippen LogP contribution in [0.1, 0.15) is 6.92 Å². The smallest absolute Gasteiger partial charge is 0.544 e. The Morgan fingerprint density at radius 2 is 2.20 bits per heavy atom. The van der Waals surface area contributed by atoms with Crippen LogP contribution in [0, 0.1) is 0 Å². The number of nitrogens with zero attached hydrogens (tertiary/aromatic N) is 2. The number of primary amides is 1. The van der Waals surface area contributed by atoms with Crippen LogP contribution in [-0.2, 0) is 14.4 Å². The molecule has 0 radical (unpaired) electrons. The molecule has 104 valence electrons. The summed E-state index contributed by atoms with van der Waals surface area (Å²) in [5.41, 5.74) is 5.71. The van der Waals surface area contributed by atoms with E-state index in [-0.39, 0.29) is 25.4 Å². The number of amides is 3. The summed E-state index contributed by atoms with van der Waals surface area (Å²) >= 11 is 0. The molecule has 0 saturated carbocycles. The van der Waals surface area contributed by atoms with Crippen LogP contribution in [0.4, 0.5) is 9.18 Å². The van der Waals surface area contributed by atoms with Crippen molar-refractivity contribution >= 4 is 17.9 Å². The molecule has 2 bridgehead atoms. The number of hydroxylamine groups is 2. The van der Waals surface area contributed by atoms with Crippen molar-refractivity contribution in [1.82, 2.24) is 9.96 Å².